The van der Waals surface area contributed by atoms with Crippen molar-refractivity contribution in [2.24, 2.45) is 0 Å². The van der Waals surface area contributed by atoms with Crippen LogP contribution in [0.1, 0.15) is 32.5 Å². The van der Waals surface area contributed by atoms with Crippen LogP contribution in [0.25, 0.3) is 0 Å². The zero-order valence-corrected chi connectivity index (χ0v) is 13.5. The summed E-state index contributed by atoms with van der Waals surface area (Å²) in [7, 11) is 2.91. The van der Waals surface area contributed by atoms with Crippen LogP contribution in [0, 0.1) is 0 Å². The number of benzene rings is 2. The largest absolute Gasteiger partial charge is 0.493 e. The summed E-state index contributed by atoms with van der Waals surface area (Å²) in [4.78, 5) is 23.4. The lowest BCUT2D eigenvalue weighted by Gasteiger charge is -2.16. The second-order valence-electron chi connectivity index (χ2n) is 5.17. The molecule has 130 valence electrons. The number of carboxylic acids is 1. The summed E-state index contributed by atoms with van der Waals surface area (Å²) in [5.74, 6) is -0.917. The number of carbonyl (C=O) groups excluding carboxylic acids is 1. The average molecular weight is 344 g/mol. The molecule has 2 aromatic rings. The van der Waals surface area contributed by atoms with Crippen LogP contribution in [0.4, 0.5) is 5.69 Å². The number of hydrogen-bond acceptors (Lipinski definition) is 7. The SMILES string of the molecule is COc1ccc2c(c1OC)C(=O)O[C@@H]2NNc1ccccc1C(=O)O. The number of carboxylic acid groups (broad SMARTS) is 1. The molecule has 0 spiro atoms. The number of ether oxygens (including phenoxy) is 3. The number of hydrogen-bond donors (Lipinski definition) is 3. The van der Waals surface area contributed by atoms with Crippen LogP contribution >= 0.6 is 0 Å². The normalized spacial score (nSPS) is 15.3. The van der Waals surface area contributed by atoms with Crippen LogP contribution in [0.3, 0.4) is 0 Å². The molecule has 1 atom stereocenters. The van der Waals surface area contributed by atoms with Gasteiger partial charge in [-0.3, -0.25) is 0 Å². The van der Waals surface area contributed by atoms with E-state index >= 15 is 0 Å². The second kappa shape index (κ2) is 6.70. The molecule has 1 aliphatic heterocycles. The first kappa shape index (κ1) is 16.6. The van der Waals surface area contributed by atoms with Gasteiger partial charge in [-0.05, 0) is 24.3 Å². The number of esters is 1. The molecule has 2 aromatic carbocycles. The summed E-state index contributed by atoms with van der Waals surface area (Å²) in [5.41, 5.74) is 6.87. The van der Waals surface area contributed by atoms with E-state index in [4.69, 9.17) is 14.2 Å². The van der Waals surface area contributed by atoms with Crippen molar-refractivity contribution in [3.63, 3.8) is 0 Å². The van der Waals surface area contributed by atoms with Crippen molar-refractivity contribution in [2.45, 2.75) is 6.23 Å². The van der Waals surface area contributed by atoms with Gasteiger partial charge in [-0.25, -0.2) is 9.59 Å². The van der Waals surface area contributed by atoms with Gasteiger partial charge in [-0.15, -0.1) is 0 Å². The van der Waals surface area contributed by atoms with Gasteiger partial charge in [0.2, 0.25) is 0 Å². The number of rotatable bonds is 6. The minimum absolute atomic E-state index is 0.0897. The van der Waals surface area contributed by atoms with E-state index in [9.17, 15) is 14.7 Å². The lowest BCUT2D eigenvalue weighted by atomic mass is 10.1. The van der Waals surface area contributed by atoms with Crippen molar-refractivity contribution in [3.05, 3.63) is 53.1 Å². The molecule has 8 nitrogen and oxygen atoms in total. The summed E-state index contributed by atoms with van der Waals surface area (Å²) in [6.45, 7) is 0. The van der Waals surface area contributed by atoms with Crippen molar-refractivity contribution in [1.82, 2.24) is 5.43 Å². The van der Waals surface area contributed by atoms with E-state index < -0.39 is 18.2 Å². The Morgan fingerprint density at radius 2 is 1.92 bits per heavy atom. The highest BCUT2D eigenvalue weighted by Crippen LogP contribution is 2.40. The van der Waals surface area contributed by atoms with Crippen LogP contribution in [-0.4, -0.2) is 31.3 Å². The molecule has 8 heteroatoms. The van der Waals surface area contributed by atoms with E-state index in [2.05, 4.69) is 10.9 Å². The Morgan fingerprint density at radius 3 is 2.60 bits per heavy atom. The number of anilines is 1. The van der Waals surface area contributed by atoms with Gasteiger partial charge >= 0.3 is 11.9 Å². The molecule has 0 saturated heterocycles. The molecule has 3 rings (SSSR count). The number of cyclic esters (lactones) is 1. The summed E-state index contributed by atoms with van der Waals surface area (Å²) < 4.78 is 15.7. The van der Waals surface area contributed by atoms with Crippen molar-refractivity contribution in [1.29, 1.82) is 0 Å². The van der Waals surface area contributed by atoms with Gasteiger partial charge in [0.25, 0.3) is 0 Å². The summed E-state index contributed by atoms with van der Waals surface area (Å²) in [6, 6.07) is 9.73. The Kier molecular flexibility index (Phi) is 4.44. The molecule has 0 aliphatic carbocycles. The Balaban J connectivity index is 1.86. The second-order valence-corrected chi connectivity index (χ2v) is 5.17. The molecule has 0 fully saturated rings. The zero-order chi connectivity index (χ0) is 18.0. The first-order chi connectivity index (χ1) is 12.1. The summed E-state index contributed by atoms with van der Waals surface area (Å²) >= 11 is 0. The molecule has 0 aromatic heterocycles. The third kappa shape index (κ3) is 2.94. The topological polar surface area (TPSA) is 106 Å². The fraction of sp³-hybridized carbons (Fsp3) is 0.176. The number of hydrazine groups is 1. The third-order valence-corrected chi connectivity index (χ3v) is 3.78. The van der Waals surface area contributed by atoms with Crippen LogP contribution in [-0.2, 0) is 4.74 Å². The highest BCUT2D eigenvalue weighted by molar-refractivity contribution is 5.98. The number of para-hydroxylation sites is 1. The molecule has 0 unspecified atom stereocenters. The van der Waals surface area contributed by atoms with Crippen molar-refractivity contribution >= 4 is 17.6 Å². The minimum Gasteiger partial charge on any atom is -0.493 e. The van der Waals surface area contributed by atoms with Crippen LogP contribution in [0.5, 0.6) is 11.5 Å². The smallest absolute Gasteiger partial charge is 0.344 e. The average Bonchev–Trinajstić information content (AvgIpc) is 2.95. The molecule has 0 bridgehead atoms. The van der Waals surface area contributed by atoms with Crippen LogP contribution in [0.15, 0.2) is 36.4 Å². The van der Waals surface area contributed by atoms with E-state index in [1.807, 2.05) is 0 Å². The van der Waals surface area contributed by atoms with Crippen molar-refractivity contribution < 1.29 is 28.9 Å². The van der Waals surface area contributed by atoms with E-state index in [1.54, 1.807) is 30.3 Å². The summed E-state index contributed by atoms with van der Waals surface area (Å²) in [6.07, 6.45) is -0.802. The fourth-order valence-corrected chi connectivity index (χ4v) is 2.63. The molecule has 3 N–H and O–H groups in total. The van der Waals surface area contributed by atoms with Gasteiger partial charge < -0.3 is 24.7 Å². The maximum absolute atomic E-state index is 12.2. The molecule has 1 aliphatic rings. The van der Waals surface area contributed by atoms with Crippen molar-refractivity contribution in [3.8, 4) is 11.5 Å². The lowest BCUT2D eigenvalue weighted by Crippen LogP contribution is -2.28. The highest BCUT2D eigenvalue weighted by atomic mass is 16.6. The number of methoxy groups -OCH3 is 2. The molecular weight excluding hydrogens is 328 g/mol. The Morgan fingerprint density at radius 1 is 1.16 bits per heavy atom. The Bertz CT molecular complexity index is 836. The number of carbonyl (C=O) groups is 2. The van der Waals surface area contributed by atoms with Gasteiger partial charge in [0.15, 0.2) is 17.7 Å². The molecule has 0 saturated carbocycles. The highest BCUT2D eigenvalue weighted by Gasteiger charge is 2.35. The number of aromatic carboxylic acids is 1. The number of fused-ring (bicyclic) bond motifs is 1. The quantitative estimate of drug-likeness (QED) is 0.541. The monoisotopic (exact) mass is 344 g/mol. The molecule has 0 radical (unpaired) electrons. The van der Waals surface area contributed by atoms with Crippen LogP contribution in [0.2, 0.25) is 0 Å². The van der Waals surface area contributed by atoms with E-state index in [-0.39, 0.29) is 11.1 Å². The van der Waals surface area contributed by atoms with E-state index in [0.29, 0.717) is 22.7 Å². The first-order valence-electron chi connectivity index (χ1n) is 7.36. The Hall–Kier alpha value is -3.26. The van der Waals surface area contributed by atoms with Gasteiger partial charge in [0.1, 0.15) is 5.56 Å². The molecule has 25 heavy (non-hydrogen) atoms. The van der Waals surface area contributed by atoms with Crippen molar-refractivity contribution in [2.75, 3.05) is 19.6 Å². The predicted octanol–water partition coefficient (Wildman–Crippen LogP) is 2.19. The first-order valence-corrected chi connectivity index (χ1v) is 7.36. The maximum atomic E-state index is 12.2. The van der Waals surface area contributed by atoms with Gasteiger partial charge in [0, 0.05) is 5.56 Å². The zero-order valence-electron chi connectivity index (χ0n) is 13.5. The van der Waals surface area contributed by atoms with E-state index in [0.717, 1.165) is 0 Å². The molecular formula is C17H16N2O6. The number of nitrogens with one attached hydrogen (secondary N) is 2. The van der Waals surface area contributed by atoms with Gasteiger partial charge in [-0.1, -0.05) is 12.1 Å². The third-order valence-electron chi connectivity index (χ3n) is 3.78. The van der Waals surface area contributed by atoms with Gasteiger partial charge in [-0.2, -0.15) is 5.43 Å². The molecule has 1 heterocycles. The Labute approximate surface area is 143 Å². The van der Waals surface area contributed by atoms with E-state index in [1.165, 1.54) is 20.3 Å². The van der Waals surface area contributed by atoms with Crippen LogP contribution < -0.4 is 20.3 Å². The maximum Gasteiger partial charge on any atom is 0.344 e. The standard InChI is InChI=1S/C17H16N2O6/c1-23-12-8-7-10-13(14(12)24-2)17(22)25-15(10)19-18-11-6-4-3-5-9(11)16(20)21/h3-8,15,18-19H,1-2H3,(H,20,21)/t15-/m0/s1. The van der Waals surface area contributed by atoms with Gasteiger partial charge in [0.05, 0.1) is 25.5 Å². The predicted molar refractivity (Wildman–Crippen MR) is 87.9 cm³/mol. The lowest BCUT2D eigenvalue weighted by molar-refractivity contribution is 0.0325. The summed E-state index contributed by atoms with van der Waals surface area (Å²) in [5, 5.41) is 9.20. The minimum atomic E-state index is -1.07. The molecule has 0 amide bonds. The fourth-order valence-electron chi connectivity index (χ4n) is 2.63.